The molecule has 0 amide bonds. The first kappa shape index (κ1) is 10.5. The van der Waals surface area contributed by atoms with Crippen LogP contribution in [0.2, 0.25) is 0 Å². The molecule has 0 unspecified atom stereocenters. The monoisotopic (exact) mass is 200 g/mol. The van der Waals surface area contributed by atoms with Crippen LogP contribution in [0, 0.1) is 17.5 Å². The summed E-state index contributed by atoms with van der Waals surface area (Å²) in [7, 11) is 0. The SMILES string of the molecule is C=CCC(=O)c1ccc(F)c(F)c1F. The number of carbonyl (C=O) groups is 1. The summed E-state index contributed by atoms with van der Waals surface area (Å²) in [5, 5.41) is 0. The first-order chi connectivity index (χ1) is 6.57. The maximum Gasteiger partial charge on any atom is 0.195 e. The molecule has 0 aliphatic heterocycles. The van der Waals surface area contributed by atoms with Crippen LogP contribution >= 0.6 is 0 Å². The van der Waals surface area contributed by atoms with Crippen LogP contribution in [0.15, 0.2) is 24.8 Å². The van der Waals surface area contributed by atoms with Crippen molar-refractivity contribution in [1.29, 1.82) is 0 Å². The van der Waals surface area contributed by atoms with E-state index in [0.29, 0.717) is 6.07 Å². The lowest BCUT2D eigenvalue weighted by atomic mass is 10.1. The fourth-order valence-corrected chi connectivity index (χ4v) is 0.982. The average Bonchev–Trinajstić information content (AvgIpc) is 2.15. The number of carbonyl (C=O) groups excluding carboxylic acids is 1. The Kier molecular flexibility index (Phi) is 3.06. The molecule has 4 heteroatoms. The molecule has 0 atom stereocenters. The normalized spacial score (nSPS) is 9.93. The van der Waals surface area contributed by atoms with Crippen molar-refractivity contribution in [2.45, 2.75) is 6.42 Å². The van der Waals surface area contributed by atoms with E-state index in [1.807, 2.05) is 0 Å². The van der Waals surface area contributed by atoms with Gasteiger partial charge in [-0.3, -0.25) is 4.79 Å². The molecule has 0 bridgehead atoms. The van der Waals surface area contributed by atoms with E-state index in [2.05, 4.69) is 6.58 Å². The number of benzene rings is 1. The van der Waals surface area contributed by atoms with Crippen LogP contribution in [-0.4, -0.2) is 5.78 Å². The summed E-state index contributed by atoms with van der Waals surface area (Å²) in [6.07, 6.45) is 1.16. The number of allylic oxidation sites excluding steroid dienone is 1. The fraction of sp³-hybridized carbons (Fsp3) is 0.100. The van der Waals surface area contributed by atoms with Gasteiger partial charge in [0.25, 0.3) is 0 Å². The van der Waals surface area contributed by atoms with E-state index in [1.165, 1.54) is 6.08 Å². The Hall–Kier alpha value is -1.58. The Bertz CT molecular complexity index is 385. The fourth-order valence-electron chi connectivity index (χ4n) is 0.982. The van der Waals surface area contributed by atoms with Crippen LogP contribution in [0.4, 0.5) is 13.2 Å². The molecule has 0 aliphatic rings. The van der Waals surface area contributed by atoms with E-state index >= 15 is 0 Å². The summed E-state index contributed by atoms with van der Waals surface area (Å²) in [6.45, 7) is 3.28. The van der Waals surface area contributed by atoms with Crippen molar-refractivity contribution in [1.82, 2.24) is 0 Å². The molecular weight excluding hydrogens is 193 g/mol. The van der Waals surface area contributed by atoms with Gasteiger partial charge in [0.15, 0.2) is 23.2 Å². The van der Waals surface area contributed by atoms with Crippen molar-refractivity contribution in [3.05, 3.63) is 47.8 Å². The van der Waals surface area contributed by atoms with Crippen molar-refractivity contribution >= 4 is 5.78 Å². The Balaban J connectivity index is 3.17. The molecule has 1 rings (SSSR count). The summed E-state index contributed by atoms with van der Waals surface area (Å²) in [6, 6.07) is 1.63. The van der Waals surface area contributed by atoms with Gasteiger partial charge in [0.05, 0.1) is 5.56 Å². The number of hydrogen-bond acceptors (Lipinski definition) is 1. The predicted octanol–water partition coefficient (Wildman–Crippen LogP) is 2.86. The summed E-state index contributed by atoms with van der Waals surface area (Å²) in [5.41, 5.74) is -0.455. The molecule has 0 radical (unpaired) electrons. The van der Waals surface area contributed by atoms with Crippen LogP contribution in [0.5, 0.6) is 0 Å². The van der Waals surface area contributed by atoms with Crippen LogP contribution in [0.3, 0.4) is 0 Å². The minimum Gasteiger partial charge on any atom is -0.294 e. The minimum atomic E-state index is -1.63. The van der Waals surface area contributed by atoms with Crippen molar-refractivity contribution in [2.75, 3.05) is 0 Å². The number of rotatable bonds is 3. The molecule has 0 aromatic heterocycles. The summed E-state index contributed by atoms with van der Waals surface area (Å²) in [4.78, 5) is 11.1. The topological polar surface area (TPSA) is 17.1 Å². The largest absolute Gasteiger partial charge is 0.294 e. The maximum atomic E-state index is 13.0. The second-order valence-electron chi connectivity index (χ2n) is 2.64. The lowest BCUT2D eigenvalue weighted by Gasteiger charge is -2.01. The minimum absolute atomic E-state index is 0.109. The third kappa shape index (κ3) is 1.84. The Labute approximate surface area is 78.9 Å². The zero-order valence-corrected chi connectivity index (χ0v) is 7.19. The highest BCUT2D eigenvalue weighted by atomic mass is 19.2. The van der Waals surface area contributed by atoms with Gasteiger partial charge in [-0.15, -0.1) is 6.58 Å². The van der Waals surface area contributed by atoms with Crippen molar-refractivity contribution in [2.24, 2.45) is 0 Å². The van der Waals surface area contributed by atoms with Gasteiger partial charge in [-0.05, 0) is 12.1 Å². The number of Topliss-reactive ketones (excluding diaryl/α,β-unsaturated/α-hetero) is 1. The van der Waals surface area contributed by atoms with Gasteiger partial charge in [-0.2, -0.15) is 0 Å². The van der Waals surface area contributed by atoms with E-state index in [-0.39, 0.29) is 6.42 Å². The molecule has 1 aromatic carbocycles. The van der Waals surface area contributed by atoms with Crippen LogP contribution in [-0.2, 0) is 0 Å². The molecule has 74 valence electrons. The summed E-state index contributed by atoms with van der Waals surface area (Å²) >= 11 is 0. The van der Waals surface area contributed by atoms with Crippen molar-refractivity contribution in [3.8, 4) is 0 Å². The Morgan fingerprint density at radius 2 is 1.93 bits per heavy atom. The van der Waals surface area contributed by atoms with Crippen molar-refractivity contribution in [3.63, 3.8) is 0 Å². The number of hydrogen-bond donors (Lipinski definition) is 0. The molecule has 0 fully saturated rings. The van der Waals surface area contributed by atoms with E-state index in [1.54, 1.807) is 0 Å². The summed E-state index contributed by atoms with van der Waals surface area (Å²) in [5.74, 6) is -5.01. The molecule has 0 aliphatic carbocycles. The molecule has 0 N–H and O–H groups in total. The standard InChI is InChI=1S/C10H7F3O/c1-2-3-8(14)6-4-5-7(11)10(13)9(6)12/h2,4-5H,1,3H2. The van der Waals surface area contributed by atoms with Gasteiger partial charge in [-0.25, -0.2) is 13.2 Å². The molecule has 0 spiro atoms. The predicted molar refractivity (Wildman–Crippen MR) is 45.5 cm³/mol. The Morgan fingerprint density at radius 3 is 2.50 bits per heavy atom. The first-order valence-electron chi connectivity index (χ1n) is 3.85. The van der Waals surface area contributed by atoms with Crippen LogP contribution in [0.25, 0.3) is 0 Å². The van der Waals surface area contributed by atoms with Gasteiger partial charge < -0.3 is 0 Å². The van der Waals surface area contributed by atoms with Crippen molar-refractivity contribution < 1.29 is 18.0 Å². The molecule has 14 heavy (non-hydrogen) atoms. The molecule has 1 nitrogen and oxygen atoms in total. The van der Waals surface area contributed by atoms with E-state index in [0.717, 1.165) is 6.07 Å². The van der Waals surface area contributed by atoms with Gasteiger partial charge in [-0.1, -0.05) is 6.08 Å². The van der Waals surface area contributed by atoms with Gasteiger partial charge in [0, 0.05) is 6.42 Å². The molecule has 0 saturated carbocycles. The van der Waals surface area contributed by atoms with Gasteiger partial charge >= 0.3 is 0 Å². The lowest BCUT2D eigenvalue weighted by Crippen LogP contribution is -2.04. The van der Waals surface area contributed by atoms with Gasteiger partial charge in [0.1, 0.15) is 0 Å². The van der Waals surface area contributed by atoms with E-state index < -0.39 is 28.8 Å². The molecule has 0 saturated heterocycles. The zero-order valence-electron chi connectivity index (χ0n) is 7.19. The highest BCUT2D eigenvalue weighted by Gasteiger charge is 2.17. The molecule has 0 heterocycles. The molecular formula is C10H7F3O. The third-order valence-electron chi connectivity index (χ3n) is 1.67. The first-order valence-corrected chi connectivity index (χ1v) is 3.85. The molecule has 1 aromatic rings. The smallest absolute Gasteiger partial charge is 0.195 e. The third-order valence-corrected chi connectivity index (χ3v) is 1.67. The zero-order chi connectivity index (χ0) is 10.7. The second kappa shape index (κ2) is 4.09. The van der Waals surface area contributed by atoms with Crippen LogP contribution in [0.1, 0.15) is 16.8 Å². The van der Waals surface area contributed by atoms with E-state index in [4.69, 9.17) is 0 Å². The highest BCUT2D eigenvalue weighted by Crippen LogP contribution is 2.16. The maximum absolute atomic E-state index is 13.0. The van der Waals surface area contributed by atoms with Crippen LogP contribution < -0.4 is 0 Å². The van der Waals surface area contributed by atoms with E-state index in [9.17, 15) is 18.0 Å². The second-order valence-corrected chi connectivity index (χ2v) is 2.64. The number of halogens is 3. The quantitative estimate of drug-likeness (QED) is 0.416. The number of ketones is 1. The highest BCUT2D eigenvalue weighted by molar-refractivity contribution is 5.97. The van der Waals surface area contributed by atoms with Gasteiger partial charge in [0.2, 0.25) is 0 Å². The lowest BCUT2D eigenvalue weighted by molar-refractivity contribution is 0.0991. The summed E-state index contributed by atoms with van der Waals surface area (Å²) < 4.78 is 38.1. The Morgan fingerprint density at radius 1 is 1.29 bits per heavy atom. The average molecular weight is 200 g/mol.